The molecule has 61 heavy (non-hydrogen) atoms. The average molecular weight is 864 g/mol. The molecule has 1 aromatic carbocycles. The molecule has 1 fully saturated rings. The monoisotopic (exact) mass is 863 g/mol. The number of para-hydroxylation sites is 1. The maximum absolute atomic E-state index is 13.8. The van der Waals surface area contributed by atoms with Gasteiger partial charge in [-0.3, -0.25) is 43.8 Å². The van der Waals surface area contributed by atoms with Gasteiger partial charge in [-0.1, -0.05) is 18.2 Å². The number of benzene rings is 1. The number of aliphatic carboxylic acids is 1. The molecule has 6 N–H and O–H groups in total. The number of aromatic nitrogens is 1. The van der Waals surface area contributed by atoms with E-state index in [9.17, 15) is 38.4 Å². The van der Waals surface area contributed by atoms with Crippen LogP contribution in [0.3, 0.4) is 0 Å². The highest BCUT2D eigenvalue weighted by molar-refractivity contribution is 5.92. The van der Waals surface area contributed by atoms with Crippen LogP contribution in [0.25, 0.3) is 10.9 Å². The average Bonchev–Trinajstić information content (AvgIpc) is 3.53. The standard InChI is InChI=1S/C39H57N7O15/c1-23(47)42-35-37(60-26(4)50)36(59-25(3)49)31(22-58-24(2)48)61-39(35)44-33(52)20-29(38(55)41-13-16-57-18-17-56-15-12-34(53)54)43-32(51)11-14-46-28(21-45(6)40-5)19-27-9-7-8-10-30(27)46/h7-10,19,29,31,35-37,39-40H,11-18,20-22H2,1-6H3,(H,41,55)(H,42,47)(H,43,51)(H,44,52)(H,53,54)/t29-,31-,35-,36-,37-,39?/m0/s1. The van der Waals surface area contributed by atoms with Crippen molar-refractivity contribution in [1.29, 1.82) is 0 Å². The Labute approximate surface area is 352 Å². The molecule has 0 radical (unpaired) electrons. The lowest BCUT2D eigenvalue weighted by molar-refractivity contribution is -0.228. The number of nitrogens with zero attached hydrogens (tertiary/aromatic N) is 2. The Hall–Kier alpha value is -5.68. The molecule has 1 unspecified atom stereocenters. The van der Waals surface area contributed by atoms with E-state index in [0.717, 1.165) is 44.3 Å². The summed E-state index contributed by atoms with van der Waals surface area (Å²) >= 11 is 0. The summed E-state index contributed by atoms with van der Waals surface area (Å²) in [5, 5.41) is 22.0. The van der Waals surface area contributed by atoms with Crippen LogP contribution in [0.5, 0.6) is 0 Å². The second-order valence-corrected chi connectivity index (χ2v) is 14.0. The molecule has 1 aliphatic heterocycles. The van der Waals surface area contributed by atoms with Crippen LogP contribution in [-0.4, -0.2) is 152 Å². The van der Waals surface area contributed by atoms with Crippen LogP contribution < -0.4 is 26.7 Å². The fraction of sp³-hybridized carbons (Fsp3) is 0.590. The molecule has 2 aromatic rings. The smallest absolute Gasteiger partial charge is 0.305 e. The van der Waals surface area contributed by atoms with Crippen LogP contribution in [-0.2, 0) is 79.9 Å². The van der Waals surface area contributed by atoms with E-state index in [4.69, 9.17) is 33.5 Å². The molecular formula is C39H57N7O15. The van der Waals surface area contributed by atoms with Crippen LogP contribution in [0.15, 0.2) is 30.3 Å². The molecule has 22 heteroatoms. The van der Waals surface area contributed by atoms with Crippen LogP contribution in [0.4, 0.5) is 0 Å². The van der Waals surface area contributed by atoms with E-state index in [1.165, 1.54) is 0 Å². The number of aryl methyl sites for hydroxylation is 1. The Kier molecular flexibility index (Phi) is 20.5. The number of carbonyl (C=O) groups excluding carboxylic acids is 7. The van der Waals surface area contributed by atoms with E-state index in [0.29, 0.717) is 6.54 Å². The van der Waals surface area contributed by atoms with E-state index in [1.54, 1.807) is 7.05 Å². The zero-order valence-electron chi connectivity index (χ0n) is 35.2. The molecule has 4 amide bonds. The van der Waals surface area contributed by atoms with Crippen molar-refractivity contribution >= 4 is 58.4 Å². The lowest BCUT2D eigenvalue weighted by Crippen LogP contribution is -2.69. The van der Waals surface area contributed by atoms with E-state index in [-0.39, 0.29) is 52.4 Å². The van der Waals surface area contributed by atoms with Gasteiger partial charge in [-0.2, -0.15) is 0 Å². The molecule has 1 aliphatic rings. The first-order valence-corrected chi connectivity index (χ1v) is 19.6. The molecule has 1 aromatic heterocycles. The van der Waals surface area contributed by atoms with Crippen molar-refractivity contribution < 1.29 is 71.9 Å². The molecule has 6 atom stereocenters. The summed E-state index contributed by atoms with van der Waals surface area (Å²) < 4.78 is 34.6. The third-order valence-corrected chi connectivity index (χ3v) is 9.08. The van der Waals surface area contributed by atoms with Gasteiger partial charge < -0.3 is 59.4 Å². The van der Waals surface area contributed by atoms with Crippen molar-refractivity contribution in [3.63, 3.8) is 0 Å². The highest BCUT2D eigenvalue weighted by atomic mass is 16.6. The fourth-order valence-electron chi connectivity index (χ4n) is 6.38. The molecule has 1 saturated heterocycles. The summed E-state index contributed by atoms with van der Waals surface area (Å²) in [4.78, 5) is 100. The zero-order chi connectivity index (χ0) is 45.1. The van der Waals surface area contributed by atoms with Crippen LogP contribution in [0, 0.1) is 0 Å². The predicted molar refractivity (Wildman–Crippen MR) is 213 cm³/mol. The van der Waals surface area contributed by atoms with Crippen molar-refractivity contribution in [1.82, 2.24) is 36.3 Å². The van der Waals surface area contributed by atoms with Gasteiger partial charge in [0.05, 0.1) is 45.8 Å². The maximum atomic E-state index is 13.8. The second kappa shape index (κ2) is 25.2. The normalized spacial score (nSPS) is 19.0. The van der Waals surface area contributed by atoms with E-state index >= 15 is 0 Å². The maximum Gasteiger partial charge on any atom is 0.305 e. The minimum Gasteiger partial charge on any atom is -0.481 e. The minimum atomic E-state index is -1.50. The lowest BCUT2D eigenvalue weighted by Gasteiger charge is -2.45. The number of rotatable bonds is 25. The van der Waals surface area contributed by atoms with Gasteiger partial charge >= 0.3 is 23.9 Å². The summed E-state index contributed by atoms with van der Waals surface area (Å²) in [5.41, 5.74) is 4.87. The predicted octanol–water partition coefficient (Wildman–Crippen LogP) is -1.13. The summed E-state index contributed by atoms with van der Waals surface area (Å²) in [7, 11) is 3.66. The Morgan fingerprint density at radius 1 is 0.852 bits per heavy atom. The lowest BCUT2D eigenvalue weighted by atomic mass is 9.94. The van der Waals surface area contributed by atoms with E-state index in [1.807, 2.05) is 47.0 Å². The SMILES string of the molecule is CNN(C)Cc1cc2ccccc2n1CCC(=O)N[C@@H](CC(=O)NC1O[C@@H](COC(C)=O)[C@H](OC(C)=O)[C@@H](OC(C)=O)[C@@H]1NC(C)=O)C(=O)NCCOCCOCCC(=O)O. The van der Waals surface area contributed by atoms with Crippen molar-refractivity contribution in [2.24, 2.45) is 0 Å². The first-order valence-electron chi connectivity index (χ1n) is 19.6. The Bertz CT molecular complexity index is 1840. The molecule has 0 spiro atoms. The van der Waals surface area contributed by atoms with Crippen LogP contribution in [0.1, 0.15) is 52.7 Å². The Balaban J connectivity index is 1.82. The highest BCUT2D eigenvalue weighted by Crippen LogP contribution is 2.27. The molecule has 0 aliphatic carbocycles. The number of nitrogens with one attached hydrogen (secondary N) is 5. The first-order chi connectivity index (χ1) is 29.0. The van der Waals surface area contributed by atoms with E-state index < -0.39 is 97.2 Å². The summed E-state index contributed by atoms with van der Waals surface area (Å²) in [6, 6.07) is 6.90. The number of amides is 4. The molecule has 338 valence electrons. The van der Waals surface area contributed by atoms with Gasteiger partial charge in [0, 0.05) is 65.5 Å². The topological polar surface area (TPSA) is 280 Å². The van der Waals surface area contributed by atoms with Gasteiger partial charge in [0.1, 0.15) is 24.8 Å². The first kappa shape index (κ1) is 49.7. The molecule has 0 bridgehead atoms. The van der Waals surface area contributed by atoms with Gasteiger partial charge in [0.25, 0.3) is 0 Å². The van der Waals surface area contributed by atoms with Gasteiger partial charge in [0.2, 0.25) is 23.6 Å². The number of carboxylic acids is 1. The number of carboxylic acid groups (broad SMARTS) is 1. The van der Waals surface area contributed by atoms with Crippen molar-refractivity contribution in [2.75, 3.05) is 53.7 Å². The number of carbonyl (C=O) groups is 8. The molecule has 3 rings (SSSR count). The molecular weight excluding hydrogens is 806 g/mol. The molecule has 22 nitrogen and oxygen atoms in total. The number of ether oxygens (including phenoxy) is 6. The minimum absolute atomic E-state index is 0.00915. The van der Waals surface area contributed by atoms with E-state index in [2.05, 4.69) is 26.7 Å². The number of hydrogen-bond acceptors (Lipinski definition) is 16. The zero-order valence-corrected chi connectivity index (χ0v) is 35.2. The van der Waals surface area contributed by atoms with Crippen molar-refractivity contribution in [2.45, 2.75) is 96.7 Å². The van der Waals surface area contributed by atoms with Gasteiger partial charge in [0.15, 0.2) is 18.4 Å². The van der Waals surface area contributed by atoms with Crippen LogP contribution in [0.2, 0.25) is 0 Å². The molecule has 2 heterocycles. The summed E-state index contributed by atoms with van der Waals surface area (Å²) in [5.74, 6) is -6.16. The summed E-state index contributed by atoms with van der Waals surface area (Å²) in [6.07, 6.45) is -6.56. The second-order valence-electron chi connectivity index (χ2n) is 14.0. The third kappa shape index (κ3) is 17.1. The molecule has 0 saturated carbocycles. The largest absolute Gasteiger partial charge is 0.481 e. The Morgan fingerprint density at radius 2 is 1.52 bits per heavy atom. The Morgan fingerprint density at radius 3 is 2.16 bits per heavy atom. The third-order valence-electron chi connectivity index (χ3n) is 9.08. The van der Waals surface area contributed by atoms with Crippen LogP contribution >= 0.6 is 0 Å². The number of esters is 3. The number of hydrazine groups is 1. The fourth-order valence-corrected chi connectivity index (χ4v) is 6.38. The summed E-state index contributed by atoms with van der Waals surface area (Å²) in [6.45, 7) is 4.90. The van der Waals surface area contributed by atoms with Gasteiger partial charge in [-0.05, 0) is 24.6 Å². The highest BCUT2D eigenvalue weighted by Gasteiger charge is 2.51. The van der Waals surface area contributed by atoms with Crippen molar-refractivity contribution in [3.8, 4) is 0 Å². The number of hydrogen-bond donors (Lipinski definition) is 6. The quantitative estimate of drug-likeness (QED) is 0.0298. The van der Waals surface area contributed by atoms with Gasteiger partial charge in [-0.15, -0.1) is 0 Å². The number of fused-ring (bicyclic) bond motifs is 1. The van der Waals surface area contributed by atoms with Gasteiger partial charge in [-0.25, -0.2) is 5.01 Å². The van der Waals surface area contributed by atoms with Crippen molar-refractivity contribution in [3.05, 3.63) is 36.0 Å².